The fourth-order valence-corrected chi connectivity index (χ4v) is 1.14. The number of terminal acetylenes is 1. The van der Waals surface area contributed by atoms with Crippen molar-refractivity contribution in [2.45, 2.75) is 0 Å². The Morgan fingerprint density at radius 2 is 2.24 bits per heavy atom. The molecule has 0 radical (unpaired) electrons. The van der Waals surface area contributed by atoms with Crippen molar-refractivity contribution in [3.8, 4) is 12.3 Å². The lowest BCUT2D eigenvalue weighted by Crippen LogP contribution is -2.36. The zero-order valence-electron chi connectivity index (χ0n) is 8.76. The maximum absolute atomic E-state index is 12.6. The number of pyridine rings is 1. The molecule has 0 aliphatic carbocycles. The van der Waals surface area contributed by atoms with E-state index in [0.29, 0.717) is 0 Å². The predicted octanol–water partition coefficient (Wildman–Crippen LogP) is 0.381. The van der Waals surface area contributed by atoms with Crippen LogP contribution in [0.5, 0.6) is 0 Å². The second-order valence-corrected chi connectivity index (χ2v) is 3.12. The molecule has 1 aromatic heterocycles. The molecule has 0 bridgehead atoms. The highest BCUT2D eigenvalue weighted by Crippen LogP contribution is 2.03. The van der Waals surface area contributed by atoms with Gasteiger partial charge in [0.25, 0.3) is 5.91 Å². The van der Waals surface area contributed by atoms with Crippen LogP contribution in [0.25, 0.3) is 0 Å². The average molecular weight is 236 g/mol. The van der Waals surface area contributed by atoms with Crippen LogP contribution in [-0.4, -0.2) is 40.0 Å². The van der Waals surface area contributed by atoms with Crippen LogP contribution in [0.2, 0.25) is 0 Å². The summed E-state index contributed by atoms with van der Waals surface area (Å²) in [6.07, 6.45) is 5.90. The van der Waals surface area contributed by atoms with Gasteiger partial charge in [0.1, 0.15) is 18.1 Å². The molecule has 0 spiro atoms. The molecule has 0 aliphatic heterocycles. The Labute approximate surface area is 96.9 Å². The molecule has 0 saturated carbocycles. The summed E-state index contributed by atoms with van der Waals surface area (Å²) >= 11 is 0. The molecule has 0 aliphatic rings. The Hall–Kier alpha value is -2.42. The van der Waals surface area contributed by atoms with Crippen LogP contribution < -0.4 is 0 Å². The smallest absolute Gasteiger partial charge is 0.323 e. The third kappa shape index (κ3) is 3.57. The van der Waals surface area contributed by atoms with Crippen molar-refractivity contribution in [3.05, 3.63) is 29.8 Å². The fourth-order valence-electron chi connectivity index (χ4n) is 1.14. The zero-order valence-corrected chi connectivity index (χ0v) is 8.76. The van der Waals surface area contributed by atoms with Crippen molar-refractivity contribution in [2.75, 3.05) is 13.1 Å². The second kappa shape index (κ2) is 5.61. The highest BCUT2D eigenvalue weighted by atomic mass is 19.1. The summed E-state index contributed by atoms with van der Waals surface area (Å²) in [5, 5.41) is 8.61. The lowest BCUT2D eigenvalue weighted by Gasteiger charge is -2.16. The van der Waals surface area contributed by atoms with E-state index in [-0.39, 0.29) is 12.2 Å². The molecule has 17 heavy (non-hydrogen) atoms. The molecule has 1 rings (SSSR count). The molecule has 0 atom stereocenters. The number of hydrogen-bond acceptors (Lipinski definition) is 3. The van der Waals surface area contributed by atoms with Gasteiger partial charge in [0.2, 0.25) is 0 Å². The van der Waals surface area contributed by atoms with Gasteiger partial charge in [-0.25, -0.2) is 9.37 Å². The SMILES string of the molecule is C#CCN(CC(=O)O)C(=O)c1ccc(F)cn1. The largest absolute Gasteiger partial charge is 0.480 e. The first-order chi connectivity index (χ1) is 8.04. The Kier molecular flexibility index (Phi) is 4.17. The minimum atomic E-state index is -1.18. The maximum Gasteiger partial charge on any atom is 0.323 e. The predicted molar refractivity (Wildman–Crippen MR) is 56.6 cm³/mol. The molecular weight excluding hydrogens is 227 g/mol. The number of halogens is 1. The van der Waals surface area contributed by atoms with Crippen LogP contribution in [0, 0.1) is 18.2 Å². The molecule has 88 valence electrons. The Morgan fingerprint density at radius 3 is 2.71 bits per heavy atom. The Morgan fingerprint density at radius 1 is 1.53 bits per heavy atom. The van der Waals surface area contributed by atoms with Crippen molar-refractivity contribution < 1.29 is 19.1 Å². The molecule has 6 heteroatoms. The standard InChI is InChI=1S/C11H9FN2O3/c1-2-5-14(7-10(15)16)11(17)9-4-3-8(12)6-13-9/h1,3-4,6H,5,7H2,(H,15,16). The molecular formula is C11H9FN2O3. The summed E-state index contributed by atoms with van der Waals surface area (Å²) in [4.78, 5) is 26.8. The van der Waals surface area contributed by atoms with Gasteiger partial charge in [0.15, 0.2) is 0 Å². The normalized spacial score (nSPS) is 9.41. The number of carbonyl (C=O) groups is 2. The number of carboxylic acids is 1. The van der Waals surface area contributed by atoms with Crippen molar-refractivity contribution in [1.29, 1.82) is 0 Å². The molecule has 0 fully saturated rings. The van der Waals surface area contributed by atoms with Crippen molar-refractivity contribution >= 4 is 11.9 Å². The highest BCUT2D eigenvalue weighted by molar-refractivity contribution is 5.94. The van der Waals surface area contributed by atoms with Crippen molar-refractivity contribution in [3.63, 3.8) is 0 Å². The second-order valence-electron chi connectivity index (χ2n) is 3.12. The van der Waals surface area contributed by atoms with Gasteiger partial charge in [-0.1, -0.05) is 5.92 Å². The summed E-state index contributed by atoms with van der Waals surface area (Å²) in [6.45, 7) is -0.674. The van der Waals surface area contributed by atoms with Gasteiger partial charge < -0.3 is 10.0 Å². The fraction of sp³-hybridized carbons (Fsp3) is 0.182. The van der Waals surface area contributed by atoms with Crippen LogP contribution >= 0.6 is 0 Å². The zero-order chi connectivity index (χ0) is 12.8. The Balaban J connectivity index is 2.88. The minimum Gasteiger partial charge on any atom is -0.480 e. The van der Waals surface area contributed by atoms with Crippen LogP contribution in [-0.2, 0) is 4.79 Å². The van der Waals surface area contributed by atoms with E-state index in [1.54, 1.807) is 0 Å². The van der Waals surface area contributed by atoms with Gasteiger partial charge in [0, 0.05) is 0 Å². The van der Waals surface area contributed by atoms with Crippen LogP contribution in [0.3, 0.4) is 0 Å². The monoisotopic (exact) mass is 236 g/mol. The van der Waals surface area contributed by atoms with E-state index in [4.69, 9.17) is 11.5 Å². The minimum absolute atomic E-state index is 0.0529. The molecule has 0 aromatic carbocycles. The number of carboxylic acid groups (broad SMARTS) is 1. The van der Waals surface area contributed by atoms with Gasteiger partial charge in [-0.15, -0.1) is 6.42 Å². The number of nitrogens with zero attached hydrogens (tertiary/aromatic N) is 2. The maximum atomic E-state index is 12.6. The highest BCUT2D eigenvalue weighted by Gasteiger charge is 2.18. The van der Waals surface area contributed by atoms with E-state index < -0.39 is 24.2 Å². The molecule has 0 saturated heterocycles. The third-order valence-electron chi connectivity index (χ3n) is 1.84. The number of amides is 1. The average Bonchev–Trinajstić information content (AvgIpc) is 2.28. The number of rotatable bonds is 4. The van der Waals surface area contributed by atoms with Crippen molar-refractivity contribution in [2.24, 2.45) is 0 Å². The molecule has 0 unspecified atom stereocenters. The lowest BCUT2D eigenvalue weighted by atomic mass is 10.3. The summed E-state index contributed by atoms with van der Waals surface area (Å²) in [5.41, 5.74) is -0.0529. The van der Waals surface area contributed by atoms with E-state index in [2.05, 4.69) is 10.9 Å². The van der Waals surface area contributed by atoms with Crippen LogP contribution in [0.1, 0.15) is 10.5 Å². The number of carbonyl (C=O) groups excluding carboxylic acids is 1. The summed E-state index contributed by atoms with van der Waals surface area (Å²) in [5.74, 6) is -0.238. The van der Waals surface area contributed by atoms with Crippen molar-refractivity contribution in [1.82, 2.24) is 9.88 Å². The number of aliphatic carboxylic acids is 1. The van der Waals surface area contributed by atoms with Gasteiger partial charge in [0.05, 0.1) is 12.7 Å². The number of aromatic nitrogens is 1. The first kappa shape index (κ1) is 12.6. The summed E-state index contributed by atoms with van der Waals surface area (Å²) in [7, 11) is 0. The molecule has 1 aromatic rings. The van der Waals surface area contributed by atoms with E-state index in [1.807, 2.05) is 0 Å². The van der Waals surface area contributed by atoms with E-state index >= 15 is 0 Å². The molecule has 1 amide bonds. The van der Waals surface area contributed by atoms with Crippen LogP contribution in [0.4, 0.5) is 4.39 Å². The van der Waals surface area contributed by atoms with Gasteiger partial charge in [-0.05, 0) is 12.1 Å². The third-order valence-corrected chi connectivity index (χ3v) is 1.84. The first-order valence-corrected chi connectivity index (χ1v) is 4.60. The van der Waals surface area contributed by atoms with E-state index in [0.717, 1.165) is 17.2 Å². The van der Waals surface area contributed by atoms with Gasteiger partial charge in [-0.2, -0.15) is 0 Å². The molecule has 5 nitrogen and oxygen atoms in total. The van der Waals surface area contributed by atoms with Gasteiger partial charge >= 0.3 is 5.97 Å². The summed E-state index contributed by atoms with van der Waals surface area (Å²) in [6, 6.07) is 2.23. The first-order valence-electron chi connectivity index (χ1n) is 4.60. The Bertz CT molecular complexity index is 465. The van der Waals surface area contributed by atoms with E-state index in [1.165, 1.54) is 6.07 Å². The molecule has 1 heterocycles. The topological polar surface area (TPSA) is 70.5 Å². The quantitative estimate of drug-likeness (QED) is 0.767. The summed E-state index contributed by atoms with van der Waals surface area (Å²) < 4.78 is 12.6. The van der Waals surface area contributed by atoms with Gasteiger partial charge in [-0.3, -0.25) is 9.59 Å². The van der Waals surface area contributed by atoms with E-state index in [9.17, 15) is 14.0 Å². The molecule has 1 N–H and O–H groups in total. The lowest BCUT2D eigenvalue weighted by molar-refractivity contribution is -0.137. The van der Waals surface area contributed by atoms with Crippen LogP contribution in [0.15, 0.2) is 18.3 Å². The number of hydrogen-bond donors (Lipinski definition) is 1.